The van der Waals surface area contributed by atoms with E-state index in [2.05, 4.69) is 26.6 Å². The Bertz CT molecular complexity index is 817. The van der Waals surface area contributed by atoms with Gasteiger partial charge in [0.15, 0.2) is 0 Å². The fourth-order valence-corrected chi connectivity index (χ4v) is 2.81. The van der Waals surface area contributed by atoms with Crippen LogP contribution in [0.2, 0.25) is 0 Å². The third-order valence-electron chi connectivity index (χ3n) is 3.86. The average Bonchev–Trinajstić information content (AvgIpc) is 2.61. The van der Waals surface area contributed by atoms with Crippen molar-refractivity contribution < 1.29 is 14.4 Å². The molecule has 3 amide bonds. The number of halogens is 1. The molecule has 27 heavy (non-hydrogen) atoms. The summed E-state index contributed by atoms with van der Waals surface area (Å²) < 4.78 is 0.921. The summed E-state index contributed by atoms with van der Waals surface area (Å²) in [7, 11) is 3.37. The molecule has 0 saturated carbocycles. The first-order valence-electron chi connectivity index (χ1n) is 8.40. The van der Waals surface area contributed by atoms with Gasteiger partial charge in [-0.2, -0.15) is 0 Å². The third kappa shape index (κ3) is 6.21. The number of anilines is 1. The Balaban J connectivity index is 2.05. The van der Waals surface area contributed by atoms with Crippen LogP contribution in [0.1, 0.15) is 35.3 Å². The first kappa shape index (κ1) is 20.6. The normalized spacial score (nSPS) is 11.4. The number of nitrogens with zero attached hydrogens (tertiary/aromatic N) is 1. The second kappa shape index (κ2) is 9.32. The van der Waals surface area contributed by atoms with Crippen molar-refractivity contribution in [1.29, 1.82) is 0 Å². The average molecular weight is 432 g/mol. The lowest BCUT2D eigenvalue weighted by Crippen LogP contribution is -2.29. The molecule has 2 aromatic rings. The number of rotatable bonds is 6. The lowest BCUT2D eigenvalue weighted by molar-refractivity contribution is -0.120. The largest absolute Gasteiger partial charge is 0.349 e. The lowest BCUT2D eigenvalue weighted by Gasteiger charge is -2.18. The molecular formula is C20H22BrN3O3. The maximum atomic E-state index is 12.4. The standard InChI is InChI=1S/C20H22BrN3O3/c1-13(25)22-18(14-4-8-16(21)9-5-14)12-19(26)23-17-10-6-15(7-11-17)20(27)24(2)3/h4-11,18H,12H2,1-3H3,(H,22,25)(H,23,26). The van der Waals surface area contributed by atoms with E-state index in [1.54, 1.807) is 38.4 Å². The van der Waals surface area contributed by atoms with Gasteiger partial charge >= 0.3 is 0 Å². The van der Waals surface area contributed by atoms with Crippen LogP contribution in [-0.4, -0.2) is 36.7 Å². The highest BCUT2D eigenvalue weighted by atomic mass is 79.9. The van der Waals surface area contributed by atoms with E-state index in [0.717, 1.165) is 10.0 Å². The van der Waals surface area contributed by atoms with Gasteiger partial charge in [-0.3, -0.25) is 14.4 Å². The third-order valence-corrected chi connectivity index (χ3v) is 4.39. The predicted molar refractivity (Wildman–Crippen MR) is 108 cm³/mol. The molecule has 0 aliphatic heterocycles. The van der Waals surface area contributed by atoms with E-state index in [-0.39, 0.29) is 24.1 Å². The zero-order valence-corrected chi connectivity index (χ0v) is 17.0. The smallest absolute Gasteiger partial charge is 0.253 e. The van der Waals surface area contributed by atoms with E-state index in [0.29, 0.717) is 11.3 Å². The first-order valence-corrected chi connectivity index (χ1v) is 9.19. The highest BCUT2D eigenvalue weighted by molar-refractivity contribution is 9.10. The van der Waals surface area contributed by atoms with Gasteiger partial charge < -0.3 is 15.5 Å². The molecule has 0 saturated heterocycles. The van der Waals surface area contributed by atoms with Crippen LogP contribution in [0, 0.1) is 0 Å². The molecule has 0 aliphatic rings. The van der Waals surface area contributed by atoms with Crippen LogP contribution in [-0.2, 0) is 9.59 Å². The number of amides is 3. The number of nitrogens with one attached hydrogen (secondary N) is 2. The summed E-state index contributed by atoms with van der Waals surface area (Å²) in [5.74, 6) is -0.542. The van der Waals surface area contributed by atoms with E-state index in [4.69, 9.17) is 0 Å². The molecule has 1 unspecified atom stereocenters. The van der Waals surface area contributed by atoms with Gasteiger partial charge in [-0.25, -0.2) is 0 Å². The molecule has 6 nitrogen and oxygen atoms in total. The van der Waals surface area contributed by atoms with Crippen molar-refractivity contribution in [2.75, 3.05) is 19.4 Å². The second-order valence-corrected chi connectivity index (χ2v) is 7.25. The predicted octanol–water partition coefficient (Wildman–Crippen LogP) is 3.36. The topological polar surface area (TPSA) is 78.5 Å². The van der Waals surface area contributed by atoms with Gasteiger partial charge in [-0.15, -0.1) is 0 Å². The summed E-state index contributed by atoms with van der Waals surface area (Å²) in [4.78, 5) is 37.3. The zero-order chi connectivity index (χ0) is 20.0. The van der Waals surface area contributed by atoms with Crippen molar-refractivity contribution in [3.05, 3.63) is 64.1 Å². The van der Waals surface area contributed by atoms with Crippen molar-refractivity contribution in [3.63, 3.8) is 0 Å². The molecule has 2 aromatic carbocycles. The Hall–Kier alpha value is -2.67. The molecule has 7 heteroatoms. The highest BCUT2D eigenvalue weighted by Gasteiger charge is 2.17. The molecule has 0 aliphatic carbocycles. The van der Waals surface area contributed by atoms with Crippen molar-refractivity contribution in [1.82, 2.24) is 10.2 Å². The van der Waals surface area contributed by atoms with Crippen molar-refractivity contribution in [2.24, 2.45) is 0 Å². The number of carbonyl (C=O) groups is 3. The monoisotopic (exact) mass is 431 g/mol. The first-order chi connectivity index (χ1) is 12.8. The van der Waals surface area contributed by atoms with Crippen molar-refractivity contribution in [2.45, 2.75) is 19.4 Å². The second-order valence-electron chi connectivity index (χ2n) is 6.33. The minimum Gasteiger partial charge on any atom is -0.349 e. The Morgan fingerprint density at radius 3 is 2.11 bits per heavy atom. The van der Waals surface area contributed by atoms with Gasteiger partial charge in [-0.1, -0.05) is 28.1 Å². The summed E-state index contributed by atoms with van der Waals surface area (Å²) in [6.07, 6.45) is 0.0968. The molecule has 1 atom stereocenters. The molecule has 2 N–H and O–H groups in total. The van der Waals surface area contributed by atoms with Gasteiger partial charge in [-0.05, 0) is 42.0 Å². The number of carbonyl (C=O) groups excluding carboxylic acids is 3. The zero-order valence-electron chi connectivity index (χ0n) is 15.5. The van der Waals surface area contributed by atoms with Crippen LogP contribution in [0.4, 0.5) is 5.69 Å². The SMILES string of the molecule is CC(=O)NC(CC(=O)Nc1ccc(C(=O)N(C)C)cc1)c1ccc(Br)cc1. The quantitative estimate of drug-likeness (QED) is 0.735. The summed E-state index contributed by atoms with van der Waals surface area (Å²) in [6, 6.07) is 13.7. The molecular weight excluding hydrogens is 410 g/mol. The molecule has 0 aromatic heterocycles. The number of benzene rings is 2. The van der Waals surface area contributed by atoms with Gasteiger partial charge in [0.05, 0.1) is 12.5 Å². The fourth-order valence-electron chi connectivity index (χ4n) is 2.54. The van der Waals surface area contributed by atoms with Gasteiger partial charge in [0, 0.05) is 36.7 Å². The summed E-state index contributed by atoms with van der Waals surface area (Å²) >= 11 is 3.37. The Morgan fingerprint density at radius 1 is 1.00 bits per heavy atom. The minimum atomic E-state index is -0.426. The van der Waals surface area contributed by atoms with Crippen LogP contribution in [0.15, 0.2) is 53.0 Å². The summed E-state index contributed by atoms with van der Waals surface area (Å²) in [5, 5.41) is 5.60. The van der Waals surface area contributed by atoms with E-state index < -0.39 is 6.04 Å². The van der Waals surface area contributed by atoms with Crippen molar-refractivity contribution in [3.8, 4) is 0 Å². The Morgan fingerprint density at radius 2 is 1.59 bits per heavy atom. The van der Waals surface area contributed by atoms with Gasteiger partial charge in [0.1, 0.15) is 0 Å². The molecule has 0 bridgehead atoms. The van der Waals surface area contributed by atoms with Crippen molar-refractivity contribution >= 4 is 39.3 Å². The van der Waals surface area contributed by atoms with E-state index in [1.165, 1.54) is 11.8 Å². The molecule has 0 heterocycles. The molecule has 2 rings (SSSR count). The van der Waals surface area contributed by atoms with Crippen LogP contribution in [0.3, 0.4) is 0 Å². The lowest BCUT2D eigenvalue weighted by atomic mass is 10.0. The maximum absolute atomic E-state index is 12.4. The molecule has 0 fully saturated rings. The van der Waals surface area contributed by atoms with E-state index in [1.807, 2.05) is 24.3 Å². The number of hydrogen-bond donors (Lipinski definition) is 2. The van der Waals surface area contributed by atoms with Gasteiger partial charge in [0.2, 0.25) is 11.8 Å². The molecule has 142 valence electrons. The minimum absolute atomic E-state index is 0.0968. The van der Waals surface area contributed by atoms with Crippen LogP contribution in [0.5, 0.6) is 0 Å². The van der Waals surface area contributed by atoms with Crippen LogP contribution < -0.4 is 10.6 Å². The van der Waals surface area contributed by atoms with E-state index in [9.17, 15) is 14.4 Å². The maximum Gasteiger partial charge on any atom is 0.253 e. The van der Waals surface area contributed by atoms with Crippen LogP contribution in [0.25, 0.3) is 0 Å². The van der Waals surface area contributed by atoms with E-state index >= 15 is 0 Å². The fraction of sp³-hybridized carbons (Fsp3) is 0.250. The van der Waals surface area contributed by atoms with Gasteiger partial charge in [0.25, 0.3) is 5.91 Å². The summed E-state index contributed by atoms with van der Waals surface area (Å²) in [6.45, 7) is 1.42. The summed E-state index contributed by atoms with van der Waals surface area (Å²) in [5.41, 5.74) is 1.98. The highest BCUT2D eigenvalue weighted by Crippen LogP contribution is 2.21. The number of hydrogen-bond acceptors (Lipinski definition) is 3. The molecule has 0 spiro atoms. The van der Waals surface area contributed by atoms with Crippen LogP contribution >= 0.6 is 15.9 Å². The Kier molecular flexibility index (Phi) is 7.12. The molecule has 0 radical (unpaired) electrons. The Labute approximate surface area is 167 Å².